The van der Waals surface area contributed by atoms with Crippen molar-refractivity contribution in [1.82, 2.24) is 0 Å². The number of rotatable bonds is 2. The van der Waals surface area contributed by atoms with E-state index in [9.17, 15) is 14.3 Å². The third-order valence-corrected chi connectivity index (χ3v) is 2.47. The summed E-state index contributed by atoms with van der Waals surface area (Å²) < 4.78 is 19.2. The van der Waals surface area contributed by atoms with Gasteiger partial charge in [0.15, 0.2) is 11.1 Å². The molecule has 1 rings (SSSR count). The summed E-state index contributed by atoms with van der Waals surface area (Å²) in [4.78, 5) is 9.58. The van der Waals surface area contributed by atoms with Crippen molar-refractivity contribution >= 4 is 28.4 Å². The highest BCUT2D eigenvalue weighted by atomic mass is 35.5. The van der Waals surface area contributed by atoms with Crippen molar-refractivity contribution in [2.24, 2.45) is 0 Å². The Balaban J connectivity index is 3.20. The predicted octanol–water partition coefficient (Wildman–Crippen LogP) is 1.83. The molecule has 7 heteroatoms. The smallest absolute Gasteiger partial charge is 0.271 e. The van der Waals surface area contributed by atoms with Crippen LogP contribution in [0.4, 0.5) is 5.69 Å². The Kier molecular flexibility index (Phi) is 2.97. The Labute approximate surface area is 80.8 Å². The first-order valence-electron chi connectivity index (χ1n) is 3.07. The van der Waals surface area contributed by atoms with Gasteiger partial charge in [-0.05, 0) is 6.07 Å². The van der Waals surface area contributed by atoms with Crippen molar-refractivity contribution in [3.8, 4) is 0 Å². The molecule has 0 radical (unpaired) electrons. The number of hydrogen-bond acceptors (Lipinski definition) is 3. The van der Waals surface area contributed by atoms with E-state index >= 15 is 0 Å². The molecule has 0 heterocycles. The number of halogens is 1. The van der Waals surface area contributed by atoms with Gasteiger partial charge < -0.3 is 4.55 Å². The summed E-state index contributed by atoms with van der Waals surface area (Å²) >= 11 is 3.29. The monoisotopic (exact) mass is 221 g/mol. The van der Waals surface area contributed by atoms with Crippen LogP contribution in [0.3, 0.4) is 0 Å². The zero-order valence-corrected chi connectivity index (χ0v) is 7.71. The molecule has 0 amide bonds. The molecular weight excluding hydrogens is 218 g/mol. The average Bonchev–Trinajstić information content (AvgIpc) is 2.03. The van der Waals surface area contributed by atoms with Gasteiger partial charge in [0, 0.05) is 12.1 Å². The highest BCUT2D eigenvalue weighted by Gasteiger charge is 2.11. The predicted molar refractivity (Wildman–Crippen MR) is 47.1 cm³/mol. The van der Waals surface area contributed by atoms with Gasteiger partial charge in [-0.15, -0.1) is 0 Å². The first-order valence-corrected chi connectivity index (χ1v) is 4.55. The second kappa shape index (κ2) is 3.82. The average molecular weight is 222 g/mol. The molecule has 1 unspecified atom stereocenters. The normalized spacial score (nSPS) is 12.5. The minimum atomic E-state index is -2.22. The zero-order valence-electron chi connectivity index (χ0n) is 6.14. The lowest BCUT2D eigenvalue weighted by Crippen LogP contribution is -1.92. The largest absolute Gasteiger partial charge is 0.302 e. The van der Waals surface area contributed by atoms with Crippen LogP contribution in [0.15, 0.2) is 23.1 Å². The topological polar surface area (TPSA) is 80.4 Å². The van der Waals surface area contributed by atoms with Crippen LogP contribution in [0.2, 0.25) is 5.02 Å². The van der Waals surface area contributed by atoms with Gasteiger partial charge in [0.05, 0.1) is 14.8 Å². The fraction of sp³-hybridized carbons (Fsp3) is 0. The second-order valence-electron chi connectivity index (χ2n) is 2.12. The van der Waals surface area contributed by atoms with Crippen LogP contribution in [0.5, 0.6) is 0 Å². The number of nitro groups is 1. The summed E-state index contributed by atoms with van der Waals surface area (Å²) in [7, 11) is 0. The molecule has 0 bridgehead atoms. The highest BCUT2D eigenvalue weighted by molar-refractivity contribution is 7.79. The summed E-state index contributed by atoms with van der Waals surface area (Å²) in [5.41, 5.74) is -0.209. The van der Waals surface area contributed by atoms with Gasteiger partial charge in [-0.2, -0.15) is 0 Å². The van der Waals surface area contributed by atoms with Gasteiger partial charge in [0.25, 0.3) is 5.69 Å². The van der Waals surface area contributed by atoms with Crippen molar-refractivity contribution in [3.05, 3.63) is 33.3 Å². The van der Waals surface area contributed by atoms with Crippen molar-refractivity contribution in [1.29, 1.82) is 0 Å². The minimum Gasteiger partial charge on any atom is -0.302 e. The van der Waals surface area contributed by atoms with E-state index in [-0.39, 0.29) is 15.6 Å². The summed E-state index contributed by atoms with van der Waals surface area (Å²) in [6, 6.07) is 3.30. The van der Waals surface area contributed by atoms with E-state index in [2.05, 4.69) is 0 Å². The van der Waals surface area contributed by atoms with Crippen LogP contribution in [-0.4, -0.2) is 13.7 Å². The number of benzene rings is 1. The SMILES string of the molecule is O=[N+]([O-])c1ccc(S(=O)O)c(Cl)c1. The Morgan fingerprint density at radius 1 is 1.54 bits per heavy atom. The van der Waals surface area contributed by atoms with Crippen LogP contribution in [0.25, 0.3) is 0 Å². The van der Waals surface area contributed by atoms with E-state index in [1.807, 2.05) is 0 Å². The summed E-state index contributed by atoms with van der Waals surface area (Å²) in [6.07, 6.45) is 0. The third kappa shape index (κ3) is 2.24. The molecule has 0 aliphatic rings. The molecule has 1 aromatic rings. The van der Waals surface area contributed by atoms with Crippen LogP contribution >= 0.6 is 11.6 Å². The summed E-state index contributed by atoms with van der Waals surface area (Å²) in [5.74, 6) is 0. The van der Waals surface area contributed by atoms with E-state index in [1.165, 1.54) is 0 Å². The molecule has 1 aromatic carbocycles. The second-order valence-corrected chi connectivity index (χ2v) is 3.47. The lowest BCUT2D eigenvalue weighted by molar-refractivity contribution is -0.384. The first kappa shape index (κ1) is 10.1. The molecule has 0 saturated carbocycles. The van der Waals surface area contributed by atoms with Crippen LogP contribution in [0.1, 0.15) is 0 Å². The number of hydrogen-bond donors (Lipinski definition) is 1. The van der Waals surface area contributed by atoms with E-state index in [0.29, 0.717) is 0 Å². The maximum absolute atomic E-state index is 10.6. The fourth-order valence-corrected chi connectivity index (χ4v) is 1.53. The lowest BCUT2D eigenvalue weighted by Gasteiger charge is -1.97. The standard InChI is InChI=1S/C6H4ClNO4S/c7-5-3-4(8(9)10)1-2-6(5)13(11)12/h1-3H,(H,11,12). The van der Waals surface area contributed by atoms with Gasteiger partial charge in [-0.3, -0.25) is 10.1 Å². The van der Waals surface area contributed by atoms with Crippen molar-refractivity contribution in [3.63, 3.8) is 0 Å². The molecule has 1 N–H and O–H groups in total. The van der Waals surface area contributed by atoms with Gasteiger partial charge >= 0.3 is 0 Å². The molecule has 0 fully saturated rings. The fourth-order valence-electron chi connectivity index (χ4n) is 0.745. The molecular formula is C6H4ClNO4S. The zero-order chi connectivity index (χ0) is 10.0. The van der Waals surface area contributed by atoms with Crippen LogP contribution < -0.4 is 0 Å². The quantitative estimate of drug-likeness (QED) is 0.469. The van der Waals surface area contributed by atoms with E-state index < -0.39 is 16.0 Å². The molecule has 0 spiro atoms. The van der Waals surface area contributed by atoms with Gasteiger partial charge in [0.1, 0.15) is 0 Å². The third-order valence-electron chi connectivity index (χ3n) is 1.31. The molecule has 13 heavy (non-hydrogen) atoms. The van der Waals surface area contributed by atoms with Crippen molar-refractivity contribution in [2.75, 3.05) is 0 Å². The maximum Gasteiger partial charge on any atom is 0.271 e. The van der Waals surface area contributed by atoms with Crippen molar-refractivity contribution < 1.29 is 13.7 Å². The van der Waals surface area contributed by atoms with E-state index in [0.717, 1.165) is 18.2 Å². The molecule has 5 nitrogen and oxygen atoms in total. The number of nitro benzene ring substituents is 1. The Morgan fingerprint density at radius 2 is 2.15 bits per heavy atom. The molecule has 0 saturated heterocycles. The van der Waals surface area contributed by atoms with E-state index in [1.54, 1.807) is 0 Å². The van der Waals surface area contributed by atoms with Gasteiger partial charge in [-0.25, -0.2) is 4.21 Å². The van der Waals surface area contributed by atoms with Crippen molar-refractivity contribution in [2.45, 2.75) is 4.90 Å². The molecule has 1 atom stereocenters. The Hall–Kier alpha value is -0.980. The summed E-state index contributed by atoms with van der Waals surface area (Å²) in [5, 5.41) is 10.2. The van der Waals surface area contributed by atoms with Crippen LogP contribution in [0, 0.1) is 10.1 Å². The molecule has 0 aliphatic carbocycles. The Bertz CT molecular complexity index is 381. The maximum atomic E-state index is 10.6. The molecule has 0 aliphatic heterocycles. The number of non-ortho nitro benzene ring substituents is 1. The number of nitrogens with zero attached hydrogens (tertiary/aromatic N) is 1. The van der Waals surface area contributed by atoms with E-state index in [4.69, 9.17) is 16.2 Å². The molecule has 0 aromatic heterocycles. The van der Waals surface area contributed by atoms with Gasteiger partial charge in [-0.1, -0.05) is 11.6 Å². The highest BCUT2D eigenvalue weighted by Crippen LogP contribution is 2.24. The molecule has 70 valence electrons. The van der Waals surface area contributed by atoms with Gasteiger partial charge in [0.2, 0.25) is 0 Å². The first-order chi connectivity index (χ1) is 6.02. The van der Waals surface area contributed by atoms with Crippen LogP contribution in [-0.2, 0) is 11.1 Å². The minimum absolute atomic E-state index is 0.0349. The summed E-state index contributed by atoms with van der Waals surface area (Å²) in [6.45, 7) is 0. The Morgan fingerprint density at radius 3 is 2.54 bits per heavy atom. The lowest BCUT2D eigenvalue weighted by atomic mass is 10.3.